The van der Waals surface area contributed by atoms with Crippen molar-refractivity contribution in [3.05, 3.63) is 0 Å². The lowest BCUT2D eigenvalue weighted by molar-refractivity contribution is 0.599. The van der Waals surface area contributed by atoms with E-state index in [0.717, 1.165) is 11.8 Å². The maximum Gasteiger partial charge on any atom is 0.000386 e. The van der Waals surface area contributed by atoms with E-state index in [4.69, 9.17) is 5.73 Å². The summed E-state index contributed by atoms with van der Waals surface area (Å²) in [6, 6.07) is 0. The molecule has 2 heteroatoms. The molecule has 0 heterocycles. The van der Waals surface area contributed by atoms with Crippen LogP contribution in [0.4, 0.5) is 0 Å². The molecule has 0 aliphatic heterocycles. The summed E-state index contributed by atoms with van der Waals surface area (Å²) < 4.78 is 0. The van der Waals surface area contributed by atoms with Crippen molar-refractivity contribution < 1.29 is 0 Å². The van der Waals surface area contributed by atoms with Gasteiger partial charge in [-0.1, -0.05) is 13.8 Å². The van der Waals surface area contributed by atoms with E-state index in [0.29, 0.717) is 5.41 Å². The van der Waals surface area contributed by atoms with Crippen molar-refractivity contribution >= 4 is 11.8 Å². The van der Waals surface area contributed by atoms with Crippen LogP contribution in [0.15, 0.2) is 0 Å². The first kappa shape index (κ1) is 8.41. The summed E-state index contributed by atoms with van der Waals surface area (Å²) >= 11 is 2.05. The van der Waals surface area contributed by atoms with Gasteiger partial charge in [-0.15, -0.1) is 0 Å². The van der Waals surface area contributed by atoms with Gasteiger partial charge in [0.15, 0.2) is 0 Å². The number of rotatable bonds is 4. The normalized spacial score (nSPS) is 21.6. The second kappa shape index (κ2) is 3.14. The zero-order chi connectivity index (χ0) is 7.61. The maximum atomic E-state index is 5.64. The Hall–Kier alpha value is 0.310. The minimum Gasteiger partial charge on any atom is -0.330 e. The van der Waals surface area contributed by atoms with Crippen LogP contribution in [0.1, 0.15) is 26.7 Å². The summed E-state index contributed by atoms with van der Waals surface area (Å²) in [6.07, 6.45) is 2.73. The van der Waals surface area contributed by atoms with Crippen molar-refractivity contribution in [3.63, 3.8) is 0 Å². The van der Waals surface area contributed by atoms with Crippen LogP contribution in [-0.2, 0) is 0 Å². The zero-order valence-corrected chi connectivity index (χ0v) is 7.71. The predicted molar refractivity (Wildman–Crippen MR) is 48.3 cm³/mol. The molecule has 0 aromatic heterocycles. The van der Waals surface area contributed by atoms with Crippen molar-refractivity contribution in [3.8, 4) is 0 Å². The van der Waals surface area contributed by atoms with Crippen LogP contribution < -0.4 is 5.73 Å². The van der Waals surface area contributed by atoms with Gasteiger partial charge in [-0.05, 0) is 30.1 Å². The third-order valence-corrected chi connectivity index (χ3v) is 3.56. The van der Waals surface area contributed by atoms with Gasteiger partial charge in [0.25, 0.3) is 0 Å². The molecule has 60 valence electrons. The molecule has 10 heavy (non-hydrogen) atoms. The fourth-order valence-electron chi connectivity index (χ4n) is 0.928. The Bertz CT molecular complexity index is 108. The predicted octanol–water partition coefficient (Wildman–Crippen LogP) is 1.87. The van der Waals surface area contributed by atoms with E-state index in [9.17, 15) is 0 Å². The van der Waals surface area contributed by atoms with Crippen molar-refractivity contribution in [2.45, 2.75) is 31.9 Å². The molecule has 0 bridgehead atoms. The standard InChI is InChI=1S/C8H17NS/c1-7(2)10-6-8(5-9)3-4-8/h7H,3-6,9H2,1-2H3. The molecule has 1 rings (SSSR count). The third kappa shape index (κ3) is 2.17. The molecule has 0 aromatic rings. The molecule has 0 amide bonds. The van der Waals surface area contributed by atoms with Crippen LogP contribution in [0.2, 0.25) is 0 Å². The molecule has 1 aliphatic carbocycles. The molecule has 0 atom stereocenters. The Morgan fingerprint density at radius 2 is 2.10 bits per heavy atom. The largest absolute Gasteiger partial charge is 0.330 e. The van der Waals surface area contributed by atoms with E-state index >= 15 is 0 Å². The molecule has 1 aliphatic rings. The summed E-state index contributed by atoms with van der Waals surface area (Å²) in [5, 5.41) is 0.768. The van der Waals surface area contributed by atoms with Gasteiger partial charge in [0.1, 0.15) is 0 Å². The quantitative estimate of drug-likeness (QED) is 0.677. The molecule has 1 nitrogen and oxygen atoms in total. The van der Waals surface area contributed by atoms with E-state index in [1.54, 1.807) is 0 Å². The summed E-state index contributed by atoms with van der Waals surface area (Å²) in [5.41, 5.74) is 6.21. The number of hydrogen-bond acceptors (Lipinski definition) is 2. The Kier molecular flexibility index (Phi) is 2.64. The molecular formula is C8H17NS. The first-order chi connectivity index (χ1) is 4.68. The number of nitrogens with two attached hydrogens (primary N) is 1. The second-order valence-electron chi connectivity index (χ2n) is 3.56. The molecule has 1 saturated carbocycles. The lowest BCUT2D eigenvalue weighted by atomic mass is 10.1. The summed E-state index contributed by atoms with van der Waals surface area (Å²) in [5.74, 6) is 1.28. The van der Waals surface area contributed by atoms with Crippen molar-refractivity contribution in [1.29, 1.82) is 0 Å². The average molecular weight is 159 g/mol. The lowest BCUT2D eigenvalue weighted by Gasteiger charge is -2.12. The Morgan fingerprint density at radius 1 is 1.50 bits per heavy atom. The van der Waals surface area contributed by atoms with Crippen LogP contribution in [0.5, 0.6) is 0 Å². The maximum absolute atomic E-state index is 5.64. The van der Waals surface area contributed by atoms with E-state index in [2.05, 4.69) is 13.8 Å². The number of hydrogen-bond donors (Lipinski definition) is 1. The Labute approximate surface area is 67.8 Å². The van der Waals surface area contributed by atoms with Gasteiger partial charge in [0.2, 0.25) is 0 Å². The Morgan fingerprint density at radius 3 is 2.40 bits per heavy atom. The highest BCUT2D eigenvalue weighted by Crippen LogP contribution is 2.47. The van der Waals surface area contributed by atoms with Crippen LogP contribution in [0.25, 0.3) is 0 Å². The van der Waals surface area contributed by atoms with Gasteiger partial charge < -0.3 is 5.73 Å². The van der Waals surface area contributed by atoms with E-state index in [-0.39, 0.29) is 0 Å². The first-order valence-electron chi connectivity index (χ1n) is 4.00. The molecule has 1 fully saturated rings. The summed E-state index contributed by atoms with van der Waals surface area (Å²) in [7, 11) is 0. The molecule has 0 unspecified atom stereocenters. The van der Waals surface area contributed by atoms with Crippen LogP contribution in [0.3, 0.4) is 0 Å². The fraction of sp³-hybridized carbons (Fsp3) is 1.00. The van der Waals surface area contributed by atoms with Gasteiger partial charge in [0, 0.05) is 5.75 Å². The molecule has 2 N–H and O–H groups in total. The molecular weight excluding hydrogens is 142 g/mol. The van der Waals surface area contributed by atoms with Gasteiger partial charge in [-0.25, -0.2) is 0 Å². The van der Waals surface area contributed by atoms with Gasteiger partial charge in [-0.2, -0.15) is 11.8 Å². The average Bonchev–Trinajstić information content (AvgIpc) is 2.64. The first-order valence-corrected chi connectivity index (χ1v) is 5.05. The molecule has 0 aromatic carbocycles. The lowest BCUT2D eigenvalue weighted by Crippen LogP contribution is -2.18. The number of thioether (sulfide) groups is 1. The van der Waals surface area contributed by atoms with Crippen molar-refractivity contribution in [2.75, 3.05) is 12.3 Å². The highest BCUT2D eigenvalue weighted by molar-refractivity contribution is 7.99. The monoisotopic (exact) mass is 159 g/mol. The van der Waals surface area contributed by atoms with Gasteiger partial charge >= 0.3 is 0 Å². The van der Waals surface area contributed by atoms with Crippen molar-refractivity contribution in [1.82, 2.24) is 0 Å². The summed E-state index contributed by atoms with van der Waals surface area (Å²) in [4.78, 5) is 0. The fourth-order valence-corrected chi connectivity index (χ4v) is 2.02. The topological polar surface area (TPSA) is 26.0 Å². The van der Waals surface area contributed by atoms with Gasteiger partial charge in [-0.3, -0.25) is 0 Å². The van der Waals surface area contributed by atoms with E-state index < -0.39 is 0 Å². The SMILES string of the molecule is CC(C)SCC1(CN)CC1. The molecule has 0 saturated heterocycles. The highest BCUT2D eigenvalue weighted by Gasteiger charge is 2.40. The minimum atomic E-state index is 0.564. The highest BCUT2D eigenvalue weighted by atomic mass is 32.2. The minimum absolute atomic E-state index is 0.564. The van der Waals surface area contributed by atoms with Gasteiger partial charge in [0.05, 0.1) is 0 Å². The van der Waals surface area contributed by atoms with Crippen LogP contribution in [-0.4, -0.2) is 17.5 Å². The van der Waals surface area contributed by atoms with Crippen LogP contribution >= 0.6 is 11.8 Å². The zero-order valence-electron chi connectivity index (χ0n) is 6.89. The molecule has 0 radical (unpaired) electrons. The van der Waals surface area contributed by atoms with Crippen LogP contribution in [0, 0.1) is 5.41 Å². The molecule has 0 spiro atoms. The summed E-state index contributed by atoms with van der Waals surface area (Å²) in [6.45, 7) is 5.39. The second-order valence-corrected chi connectivity index (χ2v) is 5.13. The Balaban J connectivity index is 2.13. The van der Waals surface area contributed by atoms with Crippen molar-refractivity contribution in [2.24, 2.45) is 11.1 Å². The van der Waals surface area contributed by atoms with E-state index in [1.165, 1.54) is 18.6 Å². The smallest absolute Gasteiger partial charge is 0.000386 e. The third-order valence-electron chi connectivity index (χ3n) is 2.11. The van der Waals surface area contributed by atoms with E-state index in [1.807, 2.05) is 11.8 Å².